The van der Waals surface area contributed by atoms with Gasteiger partial charge in [-0.25, -0.2) is 15.8 Å². The van der Waals surface area contributed by atoms with Crippen molar-refractivity contribution in [3.05, 3.63) is 36.0 Å². The molecule has 0 saturated heterocycles. The van der Waals surface area contributed by atoms with E-state index in [0.29, 0.717) is 37.2 Å². The molecule has 0 unspecified atom stereocenters. The molecule has 2 aromatic rings. The maximum absolute atomic E-state index is 5.38. The van der Waals surface area contributed by atoms with Crippen molar-refractivity contribution in [1.29, 1.82) is 0 Å². The molecule has 0 aromatic carbocycles. The van der Waals surface area contributed by atoms with Crippen LogP contribution in [0.15, 0.2) is 29.1 Å². The lowest BCUT2D eigenvalue weighted by molar-refractivity contribution is 0.128. The van der Waals surface area contributed by atoms with Gasteiger partial charge in [0.25, 0.3) is 0 Å². The highest BCUT2D eigenvalue weighted by Gasteiger charge is 2.04. The highest BCUT2D eigenvalue weighted by molar-refractivity contribution is 5.47. The zero-order valence-corrected chi connectivity index (χ0v) is 10.7. The number of hydrogen-bond donors (Lipinski definition) is 3. The van der Waals surface area contributed by atoms with E-state index in [1.54, 1.807) is 18.6 Å². The summed E-state index contributed by atoms with van der Waals surface area (Å²) in [6.07, 6.45) is 3.31. The molecule has 0 atom stereocenters. The molecule has 0 aliphatic rings. The molecule has 0 bridgehead atoms. The molecule has 0 aliphatic heterocycles. The normalized spacial score (nSPS) is 10.4. The van der Waals surface area contributed by atoms with Gasteiger partial charge in [0.1, 0.15) is 18.2 Å². The highest BCUT2D eigenvalue weighted by Crippen LogP contribution is 2.12. The first-order valence-electron chi connectivity index (χ1n) is 5.99. The lowest BCUT2D eigenvalue weighted by Crippen LogP contribution is -2.12. The number of anilines is 2. The van der Waals surface area contributed by atoms with Crippen molar-refractivity contribution in [2.24, 2.45) is 5.84 Å². The van der Waals surface area contributed by atoms with Crippen molar-refractivity contribution in [3.63, 3.8) is 0 Å². The number of hydrogen-bond acceptors (Lipinski definition) is 7. The third-order valence-corrected chi connectivity index (χ3v) is 2.41. The van der Waals surface area contributed by atoms with Crippen LogP contribution in [0.5, 0.6) is 0 Å². The number of nitrogen functional groups attached to an aromatic ring is 1. The topological polar surface area (TPSA) is 98.2 Å². The summed E-state index contributed by atoms with van der Waals surface area (Å²) in [7, 11) is 0. The quantitative estimate of drug-likeness (QED) is 0.514. The fourth-order valence-electron chi connectivity index (χ4n) is 1.51. The number of nitrogens with zero attached hydrogens (tertiary/aromatic N) is 2. The summed E-state index contributed by atoms with van der Waals surface area (Å²) < 4.78 is 10.3. The van der Waals surface area contributed by atoms with Gasteiger partial charge in [0.2, 0.25) is 0 Å². The third kappa shape index (κ3) is 3.94. The number of aromatic nitrogens is 2. The Balaban J connectivity index is 2.05. The minimum Gasteiger partial charge on any atom is -0.472 e. The second-order valence-corrected chi connectivity index (χ2v) is 3.82. The number of ether oxygens (including phenoxy) is 1. The van der Waals surface area contributed by atoms with Crippen molar-refractivity contribution in [3.8, 4) is 0 Å². The van der Waals surface area contributed by atoms with Crippen LogP contribution in [0.25, 0.3) is 0 Å². The summed E-state index contributed by atoms with van der Waals surface area (Å²) in [6, 6.07) is 3.62. The van der Waals surface area contributed by atoms with Crippen LogP contribution >= 0.6 is 0 Å². The van der Waals surface area contributed by atoms with E-state index < -0.39 is 0 Å². The largest absolute Gasteiger partial charge is 0.472 e. The van der Waals surface area contributed by atoms with Gasteiger partial charge < -0.3 is 19.9 Å². The summed E-state index contributed by atoms with van der Waals surface area (Å²) in [6.45, 7) is 3.50. The van der Waals surface area contributed by atoms with Crippen molar-refractivity contribution < 1.29 is 9.15 Å². The van der Waals surface area contributed by atoms with Crippen LogP contribution in [0.1, 0.15) is 18.3 Å². The number of nitrogens with one attached hydrogen (secondary N) is 2. The smallest absolute Gasteiger partial charge is 0.158 e. The van der Waals surface area contributed by atoms with Gasteiger partial charge in [-0.1, -0.05) is 0 Å². The zero-order chi connectivity index (χ0) is 13.5. The van der Waals surface area contributed by atoms with Gasteiger partial charge in [0.05, 0.1) is 12.5 Å². The Labute approximate surface area is 111 Å². The van der Waals surface area contributed by atoms with Crippen LogP contribution in [-0.2, 0) is 17.9 Å². The van der Waals surface area contributed by atoms with Crippen LogP contribution < -0.4 is 16.6 Å². The fraction of sp³-hybridized carbons (Fsp3) is 0.333. The first kappa shape index (κ1) is 13.3. The van der Waals surface area contributed by atoms with Gasteiger partial charge in [-0.2, -0.15) is 0 Å². The van der Waals surface area contributed by atoms with Crippen LogP contribution in [-0.4, -0.2) is 16.6 Å². The molecule has 0 saturated carbocycles. The number of furan rings is 1. The van der Waals surface area contributed by atoms with Gasteiger partial charge in [0.15, 0.2) is 5.82 Å². The van der Waals surface area contributed by atoms with E-state index in [0.717, 1.165) is 5.56 Å². The molecule has 0 radical (unpaired) electrons. The first-order valence-corrected chi connectivity index (χ1v) is 5.99. The molecule has 102 valence electrons. The Bertz CT molecular complexity index is 501. The summed E-state index contributed by atoms with van der Waals surface area (Å²) in [5, 5.41) is 3.18. The third-order valence-electron chi connectivity index (χ3n) is 2.41. The molecule has 19 heavy (non-hydrogen) atoms. The van der Waals surface area contributed by atoms with E-state index >= 15 is 0 Å². The van der Waals surface area contributed by atoms with Crippen LogP contribution in [0, 0.1) is 0 Å². The zero-order valence-electron chi connectivity index (χ0n) is 10.7. The molecular weight excluding hydrogens is 246 g/mol. The van der Waals surface area contributed by atoms with Crippen LogP contribution in [0.2, 0.25) is 0 Å². The Morgan fingerprint density at radius 2 is 2.21 bits per heavy atom. The molecule has 7 nitrogen and oxygen atoms in total. The molecule has 0 fully saturated rings. The number of hydrazine groups is 1. The fourth-order valence-corrected chi connectivity index (χ4v) is 1.51. The Hall–Kier alpha value is -2.12. The molecule has 2 rings (SSSR count). The Morgan fingerprint density at radius 3 is 2.89 bits per heavy atom. The summed E-state index contributed by atoms with van der Waals surface area (Å²) >= 11 is 0. The average Bonchev–Trinajstić information content (AvgIpc) is 2.96. The summed E-state index contributed by atoms with van der Waals surface area (Å²) in [4.78, 5) is 8.55. The number of rotatable bonds is 7. The van der Waals surface area contributed by atoms with E-state index in [2.05, 4.69) is 20.7 Å². The van der Waals surface area contributed by atoms with E-state index in [4.69, 9.17) is 15.0 Å². The standard InChI is InChI=1S/C12H17N5O2/c1-2-18-8-12-15-10(5-11(16-12)17-13)14-6-9-3-4-19-7-9/h3-5,7H,2,6,8,13H2,1H3,(H2,14,15,16,17). The molecule has 0 spiro atoms. The minimum atomic E-state index is 0.354. The van der Waals surface area contributed by atoms with Gasteiger partial charge in [-0.15, -0.1) is 0 Å². The molecule has 0 aliphatic carbocycles. The SMILES string of the molecule is CCOCc1nc(NN)cc(NCc2ccoc2)n1. The predicted molar refractivity (Wildman–Crippen MR) is 71.2 cm³/mol. The lowest BCUT2D eigenvalue weighted by Gasteiger charge is -2.09. The Morgan fingerprint density at radius 1 is 1.37 bits per heavy atom. The van der Waals surface area contributed by atoms with Crippen molar-refractivity contribution in [1.82, 2.24) is 9.97 Å². The first-order chi connectivity index (χ1) is 9.31. The molecular formula is C12H17N5O2. The maximum Gasteiger partial charge on any atom is 0.158 e. The van der Waals surface area contributed by atoms with Crippen LogP contribution in [0.3, 0.4) is 0 Å². The summed E-state index contributed by atoms with van der Waals surface area (Å²) in [5.41, 5.74) is 3.55. The van der Waals surface area contributed by atoms with E-state index in [1.807, 2.05) is 13.0 Å². The molecule has 2 aromatic heterocycles. The van der Waals surface area contributed by atoms with Gasteiger partial charge >= 0.3 is 0 Å². The minimum absolute atomic E-state index is 0.354. The van der Waals surface area contributed by atoms with Gasteiger partial charge in [0, 0.05) is 24.8 Å². The van der Waals surface area contributed by atoms with Gasteiger partial charge in [-0.05, 0) is 13.0 Å². The Kier molecular flexibility index (Phi) is 4.71. The van der Waals surface area contributed by atoms with Crippen molar-refractivity contribution >= 4 is 11.6 Å². The monoisotopic (exact) mass is 263 g/mol. The van der Waals surface area contributed by atoms with Crippen molar-refractivity contribution in [2.45, 2.75) is 20.1 Å². The maximum atomic E-state index is 5.38. The molecule has 2 heterocycles. The second-order valence-electron chi connectivity index (χ2n) is 3.82. The van der Waals surface area contributed by atoms with E-state index in [9.17, 15) is 0 Å². The van der Waals surface area contributed by atoms with Crippen molar-refractivity contribution in [2.75, 3.05) is 17.3 Å². The summed E-state index contributed by atoms with van der Waals surface area (Å²) in [5.74, 6) is 7.18. The number of nitrogens with two attached hydrogens (primary N) is 1. The molecule has 7 heteroatoms. The molecule has 4 N–H and O–H groups in total. The predicted octanol–water partition coefficient (Wildman–Crippen LogP) is 1.50. The molecule has 0 amide bonds. The van der Waals surface area contributed by atoms with Gasteiger partial charge in [-0.3, -0.25) is 0 Å². The lowest BCUT2D eigenvalue weighted by atomic mass is 10.3. The second kappa shape index (κ2) is 6.72. The van der Waals surface area contributed by atoms with E-state index in [1.165, 1.54) is 0 Å². The van der Waals surface area contributed by atoms with Crippen LogP contribution in [0.4, 0.5) is 11.6 Å². The van der Waals surface area contributed by atoms with E-state index in [-0.39, 0.29) is 0 Å². The average molecular weight is 263 g/mol. The highest BCUT2D eigenvalue weighted by atomic mass is 16.5.